The zero-order valence-corrected chi connectivity index (χ0v) is 33.2. The molecule has 0 saturated carbocycles. The Balaban J connectivity index is 1.02. The standard InChI is InChI=1S/C55H35N3OS/c1-5-15-36(16-6-1)45-32-41(26-28-43(45)38-25-30-52-47(31-38)48-34-54-49(35-53(48)59-52)56-55(60-54)37-17-7-2-8-18-37)57(39-19-9-3-10-20-39)42-27-29-51-46(33-42)44-23-13-14-24-50(44)58(51)40-21-11-4-12-22-40/h1-35H. The molecule has 0 amide bonds. The minimum Gasteiger partial charge on any atom is -0.456 e. The van der Waals surface area contributed by atoms with Gasteiger partial charge in [-0.1, -0.05) is 127 Å². The van der Waals surface area contributed by atoms with Gasteiger partial charge in [-0.05, 0) is 101 Å². The minimum atomic E-state index is 0.848. The molecular formula is C55H35N3OS. The number of hydrogen-bond acceptors (Lipinski definition) is 4. The smallest absolute Gasteiger partial charge is 0.137 e. The Morgan fingerprint density at radius 3 is 1.87 bits per heavy atom. The molecule has 60 heavy (non-hydrogen) atoms. The molecule has 9 aromatic carbocycles. The van der Waals surface area contributed by atoms with Gasteiger partial charge in [0.15, 0.2) is 0 Å². The number of thiazole rings is 1. The summed E-state index contributed by atoms with van der Waals surface area (Å²) in [6.07, 6.45) is 0. The topological polar surface area (TPSA) is 34.2 Å². The summed E-state index contributed by atoms with van der Waals surface area (Å²) >= 11 is 1.72. The normalized spacial score (nSPS) is 11.7. The molecule has 3 aromatic heterocycles. The molecule has 0 unspecified atom stereocenters. The largest absolute Gasteiger partial charge is 0.456 e. The van der Waals surface area contributed by atoms with Crippen LogP contribution in [0.15, 0.2) is 217 Å². The van der Waals surface area contributed by atoms with Crippen LogP contribution in [0.2, 0.25) is 0 Å². The fraction of sp³-hybridized carbons (Fsp3) is 0. The van der Waals surface area contributed by atoms with Gasteiger partial charge < -0.3 is 13.9 Å². The maximum absolute atomic E-state index is 6.47. The molecular weight excluding hydrogens is 751 g/mol. The van der Waals surface area contributed by atoms with Gasteiger partial charge in [-0.25, -0.2) is 4.98 Å². The maximum atomic E-state index is 6.47. The van der Waals surface area contributed by atoms with Crippen molar-refractivity contribution in [3.63, 3.8) is 0 Å². The molecule has 12 aromatic rings. The van der Waals surface area contributed by atoms with Crippen LogP contribution in [-0.2, 0) is 0 Å². The predicted molar refractivity (Wildman–Crippen MR) is 252 cm³/mol. The average Bonchev–Trinajstić information content (AvgIpc) is 4.00. The fourth-order valence-corrected chi connectivity index (χ4v) is 9.82. The van der Waals surface area contributed by atoms with Crippen molar-refractivity contribution < 1.29 is 4.42 Å². The summed E-state index contributed by atoms with van der Waals surface area (Å²) in [5.74, 6) is 0. The molecule has 0 bridgehead atoms. The second-order valence-corrected chi connectivity index (χ2v) is 16.2. The first-order chi connectivity index (χ1) is 29.7. The van der Waals surface area contributed by atoms with E-state index in [-0.39, 0.29) is 0 Å². The summed E-state index contributed by atoms with van der Waals surface area (Å²) in [6, 6.07) is 75.8. The molecule has 0 radical (unpaired) electrons. The van der Waals surface area contributed by atoms with Gasteiger partial charge >= 0.3 is 0 Å². The van der Waals surface area contributed by atoms with Gasteiger partial charge in [0.1, 0.15) is 16.2 Å². The number of fused-ring (bicyclic) bond motifs is 7. The monoisotopic (exact) mass is 785 g/mol. The van der Waals surface area contributed by atoms with E-state index in [1.165, 1.54) is 21.8 Å². The quantitative estimate of drug-likeness (QED) is 0.161. The van der Waals surface area contributed by atoms with Gasteiger partial charge in [0, 0.05) is 55.9 Å². The van der Waals surface area contributed by atoms with Gasteiger partial charge in [0.25, 0.3) is 0 Å². The number of rotatable bonds is 7. The van der Waals surface area contributed by atoms with Gasteiger partial charge in [-0.15, -0.1) is 11.3 Å². The van der Waals surface area contributed by atoms with E-state index in [9.17, 15) is 0 Å². The Hall–Kier alpha value is -7.73. The first kappa shape index (κ1) is 34.3. The minimum absolute atomic E-state index is 0.848. The van der Waals surface area contributed by atoms with Crippen molar-refractivity contribution in [2.75, 3.05) is 4.90 Å². The molecule has 4 nitrogen and oxygen atoms in total. The van der Waals surface area contributed by atoms with Crippen molar-refractivity contribution in [3.05, 3.63) is 212 Å². The molecule has 0 fully saturated rings. The average molecular weight is 786 g/mol. The van der Waals surface area contributed by atoms with Crippen LogP contribution in [0.3, 0.4) is 0 Å². The SMILES string of the molecule is c1ccc(-c2nc3cc4oc5ccc(-c6ccc(N(c7ccccc7)c7ccc8c(c7)c7ccccc7n8-c7ccccc7)cc6-c6ccccc6)cc5c4cc3s2)cc1. The van der Waals surface area contributed by atoms with Crippen molar-refractivity contribution in [1.29, 1.82) is 0 Å². The number of aromatic nitrogens is 2. The number of hydrogen-bond donors (Lipinski definition) is 0. The van der Waals surface area contributed by atoms with E-state index in [1.54, 1.807) is 11.3 Å². The molecule has 3 heterocycles. The Morgan fingerprint density at radius 2 is 1.07 bits per heavy atom. The lowest BCUT2D eigenvalue weighted by molar-refractivity contribution is 0.669. The van der Waals surface area contributed by atoms with Crippen molar-refractivity contribution in [1.82, 2.24) is 9.55 Å². The van der Waals surface area contributed by atoms with Crippen LogP contribution in [0.1, 0.15) is 0 Å². The van der Waals surface area contributed by atoms with E-state index in [0.717, 1.165) is 87.7 Å². The zero-order valence-electron chi connectivity index (χ0n) is 32.4. The number of furan rings is 1. The van der Waals surface area contributed by atoms with Crippen LogP contribution >= 0.6 is 11.3 Å². The summed E-state index contributed by atoms with van der Waals surface area (Å²) in [7, 11) is 0. The van der Waals surface area contributed by atoms with Crippen molar-refractivity contribution in [2.45, 2.75) is 0 Å². The van der Waals surface area contributed by atoms with Crippen LogP contribution in [0, 0.1) is 0 Å². The second kappa shape index (κ2) is 14.0. The Bertz CT molecular complexity index is 3530. The molecule has 0 aliphatic rings. The van der Waals surface area contributed by atoms with Crippen molar-refractivity contribution in [2.24, 2.45) is 0 Å². The molecule has 5 heteroatoms. The van der Waals surface area contributed by atoms with Gasteiger partial charge in [-0.2, -0.15) is 0 Å². The molecule has 0 atom stereocenters. The fourth-order valence-electron chi connectivity index (χ4n) is 8.83. The van der Waals surface area contributed by atoms with Crippen LogP contribution in [0.5, 0.6) is 0 Å². The lowest BCUT2D eigenvalue weighted by atomic mass is 9.92. The molecule has 12 rings (SSSR count). The zero-order chi connectivity index (χ0) is 39.6. The molecule has 0 saturated heterocycles. The van der Waals surface area contributed by atoms with E-state index >= 15 is 0 Å². The molecule has 0 aliphatic heterocycles. The van der Waals surface area contributed by atoms with Crippen LogP contribution in [0.4, 0.5) is 17.1 Å². The van der Waals surface area contributed by atoms with Gasteiger partial charge in [-0.3, -0.25) is 0 Å². The van der Waals surface area contributed by atoms with E-state index in [2.05, 4.69) is 216 Å². The lowest BCUT2D eigenvalue weighted by Crippen LogP contribution is -2.10. The number of para-hydroxylation sites is 3. The highest BCUT2D eigenvalue weighted by Crippen LogP contribution is 2.44. The van der Waals surface area contributed by atoms with Crippen LogP contribution < -0.4 is 4.90 Å². The number of nitrogens with zero attached hydrogens (tertiary/aromatic N) is 3. The third kappa shape index (κ3) is 5.70. The summed E-state index contributed by atoms with van der Waals surface area (Å²) in [5, 5.41) is 5.64. The Kier molecular flexibility index (Phi) is 8.00. The van der Waals surface area contributed by atoms with Crippen molar-refractivity contribution >= 4 is 82.4 Å². The van der Waals surface area contributed by atoms with Gasteiger partial charge in [0.2, 0.25) is 0 Å². The van der Waals surface area contributed by atoms with E-state index < -0.39 is 0 Å². The molecule has 0 aliphatic carbocycles. The first-order valence-corrected chi connectivity index (χ1v) is 21.0. The number of benzene rings is 9. The Labute approximate surface area is 350 Å². The first-order valence-electron chi connectivity index (χ1n) is 20.2. The van der Waals surface area contributed by atoms with E-state index in [4.69, 9.17) is 9.40 Å². The third-order valence-electron chi connectivity index (χ3n) is 11.6. The Morgan fingerprint density at radius 1 is 0.417 bits per heavy atom. The molecule has 282 valence electrons. The highest BCUT2D eigenvalue weighted by Gasteiger charge is 2.20. The van der Waals surface area contributed by atoms with Crippen molar-refractivity contribution in [3.8, 4) is 38.5 Å². The van der Waals surface area contributed by atoms with E-state index in [0.29, 0.717) is 0 Å². The lowest BCUT2D eigenvalue weighted by Gasteiger charge is -2.27. The summed E-state index contributed by atoms with van der Waals surface area (Å²) in [4.78, 5) is 7.35. The summed E-state index contributed by atoms with van der Waals surface area (Å²) < 4.78 is 9.98. The highest BCUT2D eigenvalue weighted by molar-refractivity contribution is 7.21. The molecule has 0 spiro atoms. The third-order valence-corrected chi connectivity index (χ3v) is 12.7. The number of anilines is 3. The van der Waals surface area contributed by atoms with Gasteiger partial charge in [0.05, 0.1) is 21.3 Å². The summed E-state index contributed by atoms with van der Waals surface area (Å²) in [5.41, 5.74) is 15.2. The van der Waals surface area contributed by atoms with E-state index in [1.807, 2.05) is 6.07 Å². The highest BCUT2D eigenvalue weighted by atomic mass is 32.1. The van der Waals surface area contributed by atoms with Crippen LogP contribution in [0.25, 0.3) is 92.5 Å². The maximum Gasteiger partial charge on any atom is 0.137 e. The predicted octanol–water partition coefficient (Wildman–Crippen LogP) is 15.8. The van der Waals surface area contributed by atoms with Crippen LogP contribution in [-0.4, -0.2) is 9.55 Å². The second-order valence-electron chi connectivity index (χ2n) is 15.2. The summed E-state index contributed by atoms with van der Waals surface area (Å²) in [6.45, 7) is 0. The molecule has 0 N–H and O–H groups in total.